The number of aromatic amines is 2. The van der Waals surface area contributed by atoms with Gasteiger partial charge in [-0.3, -0.25) is 20.0 Å². The third-order valence-electron chi connectivity index (χ3n) is 1.97. The van der Waals surface area contributed by atoms with Crippen LogP contribution in [-0.2, 0) is 0 Å². The van der Waals surface area contributed by atoms with Crippen LogP contribution in [0.3, 0.4) is 0 Å². The Bertz CT molecular complexity index is 371. The van der Waals surface area contributed by atoms with Gasteiger partial charge in [-0.15, -0.1) is 0 Å². The summed E-state index contributed by atoms with van der Waals surface area (Å²) in [4.78, 5) is 15.3. The molecule has 1 unspecified atom stereocenters. The molecule has 0 bridgehead atoms. The summed E-state index contributed by atoms with van der Waals surface area (Å²) in [5.74, 6) is 0. The molecule has 0 spiro atoms. The summed E-state index contributed by atoms with van der Waals surface area (Å²) in [6, 6.07) is 0.101. The lowest BCUT2D eigenvalue weighted by Gasteiger charge is -1.93. The van der Waals surface area contributed by atoms with Crippen LogP contribution in [0.1, 0.15) is 31.1 Å². The molecule has 0 saturated carbocycles. The number of nitrogens with one attached hydrogen (secondary N) is 2. The SMILES string of the molecule is CC1=NC(C)c2[nH][nH]c(=O)c21. The molecule has 0 aliphatic carbocycles. The van der Waals surface area contributed by atoms with E-state index < -0.39 is 0 Å². The quantitative estimate of drug-likeness (QED) is 0.560. The van der Waals surface area contributed by atoms with Crippen molar-refractivity contribution in [1.29, 1.82) is 0 Å². The van der Waals surface area contributed by atoms with Crippen molar-refractivity contribution in [2.24, 2.45) is 4.99 Å². The van der Waals surface area contributed by atoms with Crippen molar-refractivity contribution in [3.63, 3.8) is 0 Å². The second-order valence-corrected chi connectivity index (χ2v) is 2.76. The Morgan fingerprint density at radius 2 is 2.18 bits per heavy atom. The third-order valence-corrected chi connectivity index (χ3v) is 1.97. The molecule has 0 fully saturated rings. The molecule has 1 aliphatic rings. The zero-order chi connectivity index (χ0) is 8.01. The van der Waals surface area contributed by atoms with E-state index in [-0.39, 0.29) is 11.6 Å². The number of aromatic nitrogens is 2. The van der Waals surface area contributed by atoms with Gasteiger partial charge in [0.1, 0.15) is 0 Å². The molecule has 1 atom stereocenters. The first kappa shape index (κ1) is 6.39. The molecule has 0 radical (unpaired) electrons. The van der Waals surface area contributed by atoms with Crippen molar-refractivity contribution in [3.05, 3.63) is 21.6 Å². The van der Waals surface area contributed by atoms with Crippen LogP contribution in [0.15, 0.2) is 9.79 Å². The van der Waals surface area contributed by atoms with Crippen molar-refractivity contribution in [2.75, 3.05) is 0 Å². The number of fused-ring (bicyclic) bond motifs is 1. The monoisotopic (exact) mass is 151 g/mol. The zero-order valence-electron chi connectivity index (χ0n) is 6.43. The van der Waals surface area contributed by atoms with Gasteiger partial charge in [0.25, 0.3) is 5.56 Å². The number of hydrogen-bond donors (Lipinski definition) is 2. The van der Waals surface area contributed by atoms with E-state index in [1.165, 1.54) is 0 Å². The maximum Gasteiger partial charge on any atom is 0.273 e. The largest absolute Gasteiger partial charge is 0.299 e. The molecule has 2 heterocycles. The summed E-state index contributed by atoms with van der Waals surface area (Å²) in [6.45, 7) is 3.81. The van der Waals surface area contributed by atoms with Crippen molar-refractivity contribution in [3.8, 4) is 0 Å². The van der Waals surface area contributed by atoms with Gasteiger partial charge < -0.3 is 0 Å². The van der Waals surface area contributed by atoms with Gasteiger partial charge in [0.15, 0.2) is 0 Å². The fourth-order valence-electron chi connectivity index (χ4n) is 1.46. The lowest BCUT2D eigenvalue weighted by Crippen LogP contribution is -2.08. The van der Waals surface area contributed by atoms with Gasteiger partial charge in [-0.05, 0) is 13.8 Å². The van der Waals surface area contributed by atoms with Gasteiger partial charge in [-0.2, -0.15) is 0 Å². The molecule has 58 valence electrons. The van der Waals surface area contributed by atoms with Crippen LogP contribution in [0, 0.1) is 0 Å². The highest BCUT2D eigenvalue weighted by Gasteiger charge is 2.23. The molecule has 0 saturated heterocycles. The zero-order valence-corrected chi connectivity index (χ0v) is 6.43. The molecule has 4 heteroatoms. The first-order chi connectivity index (χ1) is 5.20. The van der Waals surface area contributed by atoms with Gasteiger partial charge in [-0.25, -0.2) is 0 Å². The Kier molecular flexibility index (Phi) is 1.07. The highest BCUT2D eigenvalue weighted by atomic mass is 16.1. The molecule has 1 aromatic rings. The smallest absolute Gasteiger partial charge is 0.273 e. The number of H-pyrrole nitrogens is 2. The van der Waals surface area contributed by atoms with Crippen molar-refractivity contribution < 1.29 is 0 Å². The van der Waals surface area contributed by atoms with Crippen LogP contribution < -0.4 is 5.56 Å². The average Bonchev–Trinajstić information content (AvgIpc) is 2.41. The molecule has 11 heavy (non-hydrogen) atoms. The number of nitrogens with zero attached hydrogens (tertiary/aromatic N) is 1. The molecular formula is C7H9N3O. The minimum Gasteiger partial charge on any atom is -0.299 e. The summed E-state index contributed by atoms with van der Waals surface area (Å²) in [5, 5.41) is 5.35. The Morgan fingerprint density at radius 3 is 2.82 bits per heavy atom. The van der Waals surface area contributed by atoms with Gasteiger partial charge in [-0.1, -0.05) is 0 Å². The van der Waals surface area contributed by atoms with Crippen LogP contribution in [0.5, 0.6) is 0 Å². The fraction of sp³-hybridized carbons (Fsp3) is 0.429. The van der Waals surface area contributed by atoms with Crippen molar-refractivity contribution in [2.45, 2.75) is 19.9 Å². The Labute approximate surface area is 63.3 Å². The molecule has 1 aliphatic heterocycles. The van der Waals surface area contributed by atoms with Gasteiger partial charge in [0, 0.05) is 5.71 Å². The van der Waals surface area contributed by atoms with E-state index in [4.69, 9.17) is 0 Å². The van der Waals surface area contributed by atoms with Crippen molar-refractivity contribution in [1.82, 2.24) is 10.2 Å². The van der Waals surface area contributed by atoms with E-state index in [1.54, 1.807) is 0 Å². The lowest BCUT2D eigenvalue weighted by atomic mass is 10.1. The van der Waals surface area contributed by atoms with E-state index in [0.29, 0.717) is 0 Å². The van der Waals surface area contributed by atoms with E-state index >= 15 is 0 Å². The molecule has 2 N–H and O–H groups in total. The molecule has 0 amide bonds. The molecule has 0 aromatic carbocycles. The maximum atomic E-state index is 11.1. The minimum atomic E-state index is -0.0643. The van der Waals surface area contributed by atoms with Crippen LogP contribution in [-0.4, -0.2) is 15.9 Å². The normalized spacial score (nSPS) is 21.6. The summed E-state index contributed by atoms with van der Waals surface area (Å²) in [5.41, 5.74) is 2.39. The van der Waals surface area contributed by atoms with Crippen molar-refractivity contribution >= 4 is 5.71 Å². The highest BCUT2D eigenvalue weighted by molar-refractivity contribution is 6.01. The van der Waals surface area contributed by atoms with Gasteiger partial charge in [0.05, 0.1) is 17.3 Å². The molecular weight excluding hydrogens is 142 g/mol. The van der Waals surface area contributed by atoms with E-state index in [0.717, 1.165) is 17.0 Å². The Morgan fingerprint density at radius 1 is 1.45 bits per heavy atom. The molecule has 4 nitrogen and oxygen atoms in total. The second-order valence-electron chi connectivity index (χ2n) is 2.76. The predicted octanol–water partition coefficient (Wildman–Crippen LogP) is 0.587. The topological polar surface area (TPSA) is 61.0 Å². The molecule has 1 aromatic heterocycles. The van der Waals surface area contributed by atoms with Crippen LogP contribution >= 0.6 is 0 Å². The van der Waals surface area contributed by atoms with Gasteiger partial charge in [0.2, 0.25) is 0 Å². The van der Waals surface area contributed by atoms with Crippen LogP contribution in [0.4, 0.5) is 0 Å². The Hall–Kier alpha value is -1.32. The van der Waals surface area contributed by atoms with Crippen LogP contribution in [0.25, 0.3) is 0 Å². The Balaban J connectivity index is 2.75. The summed E-state index contributed by atoms with van der Waals surface area (Å²) in [6.07, 6.45) is 0. The van der Waals surface area contributed by atoms with E-state index in [1.807, 2.05) is 13.8 Å². The highest BCUT2D eigenvalue weighted by Crippen LogP contribution is 2.23. The lowest BCUT2D eigenvalue weighted by molar-refractivity contribution is 0.789. The van der Waals surface area contributed by atoms with E-state index in [9.17, 15) is 4.79 Å². The van der Waals surface area contributed by atoms with E-state index in [2.05, 4.69) is 15.2 Å². The fourth-order valence-corrected chi connectivity index (χ4v) is 1.46. The predicted molar refractivity (Wildman–Crippen MR) is 42.0 cm³/mol. The number of hydrogen-bond acceptors (Lipinski definition) is 2. The summed E-state index contributed by atoms with van der Waals surface area (Å²) < 4.78 is 0. The first-order valence-electron chi connectivity index (χ1n) is 3.55. The second kappa shape index (κ2) is 1.84. The maximum absolute atomic E-state index is 11.1. The molecule has 2 rings (SSSR count). The number of aliphatic imine (C=N–C) groups is 1. The number of rotatable bonds is 0. The first-order valence-corrected chi connectivity index (χ1v) is 3.55. The third kappa shape index (κ3) is 0.691. The summed E-state index contributed by atoms with van der Waals surface area (Å²) in [7, 11) is 0. The van der Waals surface area contributed by atoms with Gasteiger partial charge >= 0.3 is 0 Å². The standard InChI is InChI=1S/C7H9N3O/c1-3-5-6(4(2)8-3)9-10-7(5)11/h4H,1-2H3,(H2,9,10,11). The summed E-state index contributed by atoms with van der Waals surface area (Å²) >= 11 is 0. The average molecular weight is 151 g/mol. The minimum absolute atomic E-state index is 0.0643. The van der Waals surface area contributed by atoms with Crippen LogP contribution in [0.2, 0.25) is 0 Å².